The van der Waals surface area contributed by atoms with Gasteiger partial charge in [0.05, 0.1) is 6.61 Å². The Kier molecular flexibility index (Phi) is 5.49. The van der Waals surface area contributed by atoms with Gasteiger partial charge in [-0.3, -0.25) is 0 Å². The SMILES string of the molecule is CCOCCNCC1CC2CCC1N2C(=O)OC(C)(C)C. The zero-order valence-corrected chi connectivity index (χ0v) is 13.9. The Hall–Kier alpha value is -0.810. The van der Waals surface area contributed by atoms with Gasteiger partial charge in [-0.05, 0) is 52.9 Å². The van der Waals surface area contributed by atoms with Crippen molar-refractivity contribution in [3.05, 3.63) is 0 Å². The van der Waals surface area contributed by atoms with E-state index in [0.717, 1.165) is 45.6 Å². The molecule has 0 spiro atoms. The van der Waals surface area contributed by atoms with E-state index in [1.165, 1.54) is 0 Å². The Labute approximate surface area is 128 Å². The summed E-state index contributed by atoms with van der Waals surface area (Å²) in [5, 5.41) is 3.45. The minimum atomic E-state index is -0.412. The summed E-state index contributed by atoms with van der Waals surface area (Å²) >= 11 is 0. The number of rotatable bonds is 6. The molecule has 0 radical (unpaired) electrons. The summed E-state index contributed by atoms with van der Waals surface area (Å²) in [6.07, 6.45) is 3.21. The fourth-order valence-corrected chi connectivity index (χ4v) is 3.51. The summed E-state index contributed by atoms with van der Waals surface area (Å²) in [4.78, 5) is 14.3. The molecule has 0 aromatic rings. The van der Waals surface area contributed by atoms with Crippen molar-refractivity contribution < 1.29 is 14.3 Å². The summed E-state index contributed by atoms with van der Waals surface area (Å²) < 4.78 is 10.9. The van der Waals surface area contributed by atoms with Gasteiger partial charge in [0.1, 0.15) is 5.60 Å². The van der Waals surface area contributed by atoms with E-state index in [2.05, 4.69) is 5.32 Å². The summed E-state index contributed by atoms with van der Waals surface area (Å²) in [5.41, 5.74) is -0.412. The number of nitrogens with one attached hydrogen (secondary N) is 1. The van der Waals surface area contributed by atoms with Gasteiger partial charge in [0, 0.05) is 31.8 Å². The average molecular weight is 298 g/mol. The third-order valence-electron chi connectivity index (χ3n) is 4.30. The number of carbonyl (C=O) groups is 1. The fraction of sp³-hybridized carbons (Fsp3) is 0.938. The lowest BCUT2D eigenvalue weighted by atomic mass is 9.89. The monoisotopic (exact) mass is 298 g/mol. The highest BCUT2D eigenvalue weighted by molar-refractivity contribution is 5.70. The van der Waals surface area contributed by atoms with E-state index in [-0.39, 0.29) is 6.09 Å². The molecule has 2 bridgehead atoms. The molecule has 5 heteroatoms. The predicted octanol–water partition coefficient (Wildman–Crippen LogP) is 2.40. The normalized spacial score (nSPS) is 28.2. The van der Waals surface area contributed by atoms with E-state index >= 15 is 0 Å². The van der Waals surface area contributed by atoms with Crippen molar-refractivity contribution in [2.75, 3.05) is 26.3 Å². The quantitative estimate of drug-likeness (QED) is 0.765. The molecule has 5 nitrogen and oxygen atoms in total. The van der Waals surface area contributed by atoms with Gasteiger partial charge in [-0.1, -0.05) is 0 Å². The zero-order valence-electron chi connectivity index (χ0n) is 13.9. The lowest BCUT2D eigenvalue weighted by Gasteiger charge is -2.28. The number of hydrogen-bond acceptors (Lipinski definition) is 4. The van der Waals surface area contributed by atoms with Crippen molar-refractivity contribution in [3.63, 3.8) is 0 Å². The van der Waals surface area contributed by atoms with E-state index in [0.29, 0.717) is 18.0 Å². The Morgan fingerprint density at radius 3 is 2.76 bits per heavy atom. The molecule has 0 aromatic carbocycles. The van der Waals surface area contributed by atoms with Crippen LogP contribution in [0.3, 0.4) is 0 Å². The molecule has 122 valence electrons. The lowest BCUT2D eigenvalue weighted by Crippen LogP contribution is -2.41. The van der Waals surface area contributed by atoms with Crippen molar-refractivity contribution >= 4 is 6.09 Å². The van der Waals surface area contributed by atoms with Crippen LogP contribution in [-0.2, 0) is 9.47 Å². The van der Waals surface area contributed by atoms with Crippen LogP contribution in [0.25, 0.3) is 0 Å². The van der Waals surface area contributed by atoms with Crippen LogP contribution in [0, 0.1) is 5.92 Å². The van der Waals surface area contributed by atoms with E-state index in [4.69, 9.17) is 9.47 Å². The number of nitrogens with zero attached hydrogens (tertiary/aromatic N) is 1. The number of amides is 1. The van der Waals surface area contributed by atoms with Crippen molar-refractivity contribution in [1.29, 1.82) is 0 Å². The highest BCUT2D eigenvalue weighted by atomic mass is 16.6. The van der Waals surface area contributed by atoms with Crippen molar-refractivity contribution in [3.8, 4) is 0 Å². The maximum absolute atomic E-state index is 12.3. The first-order valence-corrected chi connectivity index (χ1v) is 8.22. The highest BCUT2D eigenvalue weighted by Gasteiger charge is 2.49. The molecule has 0 aliphatic carbocycles. The minimum Gasteiger partial charge on any atom is -0.444 e. The molecule has 2 aliphatic rings. The molecule has 2 rings (SSSR count). The Morgan fingerprint density at radius 2 is 2.10 bits per heavy atom. The Balaban J connectivity index is 1.80. The Bertz CT molecular complexity index is 354. The highest BCUT2D eigenvalue weighted by Crippen LogP contribution is 2.42. The van der Waals surface area contributed by atoms with E-state index in [9.17, 15) is 4.79 Å². The smallest absolute Gasteiger partial charge is 0.410 e. The van der Waals surface area contributed by atoms with Gasteiger partial charge in [0.15, 0.2) is 0 Å². The van der Waals surface area contributed by atoms with Gasteiger partial charge in [-0.25, -0.2) is 4.79 Å². The minimum absolute atomic E-state index is 0.133. The largest absolute Gasteiger partial charge is 0.444 e. The predicted molar refractivity (Wildman–Crippen MR) is 82.4 cm³/mol. The van der Waals surface area contributed by atoms with Crippen molar-refractivity contribution in [2.45, 2.75) is 64.6 Å². The standard InChI is InChI=1S/C16H30N2O3/c1-5-20-9-8-17-11-12-10-13-6-7-14(12)18(13)15(19)21-16(2,3)4/h12-14,17H,5-11H2,1-4H3. The maximum atomic E-state index is 12.3. The van der Waals surface area contributed by atoms with Gasteiger partial charge in [-0.15, -0.1) is 0 Å². The van der Waals surface area contributed by atoms with Crippen LogP contribution in [-0.4, -0.2) is 55.0 Å². The van der Waals surface area contributed by atoms with Crippen molar-refractivity contribution in [1.82, 2.24) is 10.2 Å². The van der Waals surface area contributed by atoms with Crippen LogP contribution < -0.4 is 5.32 Å². The second kappa shape index (κ2) is 6.97. The average Bonchev–Trinajstić information content (AvgIpc) is 2.93. The number of carbonyl (C=O) groups excluding carboxylic acids is 1. The number of fused-ring (bicyclic) bond motifs is 2. The molecule has 21 heavy (non-hydrogen) atoms. The van der Waals surface area contributed by atoms with E-state index in [1.54, 1.807) is 0 Å². The summed E-state index contributed by atoms with van der Waals surface area (Å²) in [6.45, 7) is 11.2. The molecule has 2 saturated heterocycles. The molecule has 0 aromatic heterocycles. The molecule has 1 amide bonds. The van der Waals surface area contributed by atoms with Crippen LogP contribution in [0.2, 0.25) is 0 Å². The molecular formula is C16H30N2O3. The van der Waals surface area contributed by atoms with Crippen molar-refractivity contribution in [2.24, 2.45) is 5.92 Å². The molecule has 2 aliphatic heterocycles. The summed E-state index contributed by atoms with van der Waals surface area (Å²) in [7, 11) is 0. The Morgan fingerprint density at radius 1 is 1.33 bits per heavy atom. The van der Waals surface area contributed by atoms with Crippen LogP contribution >= 0.6 is 0 Å². The van der Waals surface area contributed by atoms with Gasteiger partial charge >= 0.3 is 6.09 Å². The first kappa shape index (κ1) is 16.6. The maximum Gasteiger partial charge on any atom is 0.410 e. The number of hydrogen-bond donors (Lipinski definition) is 1. The van der Waals surface area contributed by atoms with Crippen LogP contribution in [0.15, 0.2) is 0 Å². The molecule has 3 atom stereocenters. The second-order valence-electron chi connectivity index (χ2n) is 7.08. The zero-order chi connectivity index (χ0) is 15.5. The third-order valence-corrected chi connectivity index (χ3v) is 4.30. The van der Waals surface area contributed by atoms with Gasteiger partial charge < -0.3 is 19.7 Å². The molecule has 2 heterocycles. The molecular weight excluding hydrogens is 268 g/mol. The third kappa shape index (κ3) is 4.33. The lowest BCUT2D eigenvalue weighted by molar-refractivity contribution is 0.0205. The van der Waals surface area contributed by atoms with Crippen LogP contribution in [0.1, 0.15) is 47.0 Å². The number of ether oxygens (including phenoxy) is 2. The van der Waals surface area contributed by atoms with E-state index < -0.39 is 5.60 Å². The van der Waals surface area contributed by atoms with Gasteiger partial charge in [0.25, 0.3) is 0 Å². The topological polar surface area (TPSA) is 50.8 Å². The van der Waals surface area contributed by atoms with Crippen LogP contribution in [0.5, 0.6) is 0 Å². The molecule has 1 N–H and O–H groups in total. The summed E-state index contributed by atoms with van der Waals surface area (Å²) in [5.74, 6) is 0.554. The summed E-state index contributed by atoms with van der Waals surface area (Å²) in [6, 6.07) is 0.730. The molecule has 3 unspecified atom stereocenters. The van der Waals surface area contributed by atoms with Gasteiger partial charge in [0.2, 0.25) is 0 Å². The second-order valence-corrected chi connectivity index (χ2v) is 7.08. The first-order valence-electron chi connectivity index (χ1n) is 8.22. The first-order chi connectivity index (χ1) is 9.92. The molecule has 2 fully saturated rings. The van der Waals surface area contributed by atoms with Crippen LogP contribution in [0.4, 0.5) is 4.79 Å². The molecule has 0 saturated carbocycles. The van der Waals surface area contributed by atoms with Gasteiger partial charge in [-0.2, -0.15) is 0 Å². The van der Waals surface area contributed by atoms with E-state index in [1.807, 2.05) is 32.6 Å². The fourth-order valence-electron chi connectivity index (χ4n) is 3.51.